The predicted molar refractivity (Wildman–Crippen MR) is 252 cm³/mol. The summed E-state index contributed by atoms with van der Waals surface area (Å²) in [5, 5.41) is 0. The molecule has 1 spiro atoms. The lowest BCUT2D eigenvalue weighted by Gasteiger charge is -2.33. The van der Waals surface area contributed by atoms with E-state index in [1.54, 1.807) is 0 Å². The molecule has 1 unspecified atom stereocenters. The van der Waals surface area contributed by atoms with Gasteiger partial charge in [-0.3, -0.25) is 0 Å². The number of imidazole rings is 1. The lowest BCUT2D eigenvalue weighted by molar-refractivity contribution is -0.997. The molecule has 0 radical (unpaired) electrons. The minimum absolute atomic E-state index is 0.00408. The summed E-state index contributed by atoms with van der Waals surface area (Å²) in [5.74, 6) is 0.442. The Hall–Kier alpha value is -7.04. The SMILES string of the molecule is [2H]c1c([2H])c([2H])c(-c2cc[n+]3c(c2)-c2cc(C(C)(C)C)cc4c2C32Oc3ccccc3-c3n(-c5cc(-c6ccccc6)c(C)cc5-c5ccc(C(C)(C)C)cc5)c5cccc-4c5[n+]32)c([2H])c1[2H]. The van der Waals surface area contributed by atoms with Gasteiger partial charge in [0.1, 0.15) is 22.6 Å². The average Bonchev–Trinajstić information content (AvgIpc) is 3.81. The van der Waals surface area contributed by atoms with Crippen LogP contribution in [0, 0.1) is 6.92 Å². The Morgan fingerprint density at radius 1 is 0.565 bits per heavy atom. The van der Waals surface area contributed by atoms with Crippen molar-refractivity contribution < 1.29 is 20.7 Å². The molecule has 4 heteroatoms. The predicted octanol–water partition coefficient (Wildman–Crippen LogP) is 13.3. The first-order chi connectivity index (χ1) is 32.0. The van der Waals surface area contributed by atoms with Gasteiger partial charge in [0.15, 0.2) is 17.2 Å². The second-order valence-electron chi connectivity index (χ2n) is 19.1. The topological polar surface area (TPSA) is 21.9 Å². The molecule has 0 N–H and O–H groups in total. The Morgan fingerprint density at radius 2 is 1.26 bits per heavy atom. The van der Waals surface area contributed by atoms with Crippen LogP contribution in [0.2, 0.25) is 0 Å². The zero-order valence-electron chi connectivity index (χ0n) is 41.0. The fourth-order valence-corrected chi connectivity index (χ4v) is 10.2. The summed E-state index contributed by atoms with van der Waals surface area (Å²) in [6.45, 7) is 15.6. The molecule has 0 bridgehead atoms. The second-order valence-corrected chi connectivity index (χ2v) is 19.1. The molecule has 300 valence electrons. The van der Waals surface area contributed by atoms with Crippen molar-refractivity contribution in [3.05, 3.63) is 192 Å². The maximum absolute atomic E-state index is 8.98. The van der Waals surface area contributed by atoms with Crippen molar-refractivity contribution in [1.29, 1.82) is 0 Å². The molecule has 3 aliphatic rings. The van der Waals surface area contributed by atoms with Crippen molar-refractivity contribution in [3.8, 4) is 78.6 Å². The van der Waals surface area contributed by atoms with Gasteiger partial charge >= 0.3 is 11.7 Å². The molecule has 1 atom stereocenters. The number of rotatable bonds is 4. The molecule has 0 aliphatic carbocycles. The van der Waals surface area contributed by atoms with Gasteiger partial charge in [0, 0.05) is 28.8 Å². The van der Waals surface area contributed by atoms with Crippen LogP contribution in [-0.2, 0) is 16.7 Å². The molecule has 7 aromatic carbocycles. The molecule has 4 nitrogen and oxygen atoms in total. The number of aromatic nitrogens is 3. The standard InChI is InChI=1S/C58H49N3O/c1-36-31-46(39-25-27-41(28-26-39)56(2,3)4)51(35-45(36)38-19-12-9-13-20-38)60-49-23-16-22-43-47-33-42(57(5,6)7)34-48-50-32-40(37-17-10-8-11-18-37)29-30-59(50)58(53(47)48)61(54(43)49)55(60)44-21-14-15-24-52(44)62-58/h8-35H,1-7H3/q+2/i8D,10D,11D,17D,18D. The van der Waals surface area contributed by atoms with Crippen molar-refractivity contribution >= 4 is 11.0 Å². The van der Waals surface area contributed by atoms with Crippen LogP contribution >= 0.6 is 0 Å². The minimum atomic E-state index is -1.25. The molecule has 0 saturated heterocycles. The summed E-state index contributed by atoms with van der Waals surface area (Å²) in [4.78, 5) is 0. The normalized spacial score (nSPS) is 16.7. The first-order valence-corrected chi connectivity index (χ1v) is 21.5. The van der Waals surface area contributed by atoms with E-state index in [-0.39, 0.29) is 40.6 Å². The average molecular weight is 809 g/mol. The fourth-order valence-electron chi connectivity index (χ4n) is 10.2. The zero-order valence-corrected chi connectivity index (χ0v) is 36.0. The van der Waals surface area contributed by atoms with Crippen molar-refractivity contribution in [1.82, 2.24) is 4.57 Å². The van der Waals surface area contributed by atoms with Crippen LogP contribution in [0.5, 0.6) is 5.75 Å². The van der Waals surface area contributed by atoms with Gasteiger partial charge in [0.25, 0.3) is 0 Å². The molecule has 9 aromatic rings. The minimum Gasteiger partial charge on any atom is -0.392 e. The molecule has 12 rings (SSSR count). The molecule has 0 amide bonds. The number of nitrogens with zero attached hydrogens (tertiary/aromatic N) is 3. The van der Waals surface area contributed by atoms with Crippen LogP contribution < -0.4 is 13.9 Å². The van der Waals surface area contributed by atoms with Crippen LogP contribution in [0.25, 0.3) is 83.9 Å². The van der Waals surface area contributed by atoms with Gasteiger partial charge in [-0.15, -0.1) is 9.13 Å². The Labute approximate surface area is 371 Å². The van der Waals surface area contributed by atoms with Crippen molar-refractivity contribution in [2.24, 2.45) is 0 Å². The molecule has 0 fully saturated rings. The van der Waals surface area contributed by atoms with Gasteiger partial charge in [0.05, 0.1) is 12.4 Å². The summed E-state index contributed by atoms with van der Waals surface area (Å²) < 4.78 is 58.1. The van der Waals surface area contributed by atoms with Crippen molar-refractivity contribution in [3.63, 3.8) is 0 Å². The Morgan fingerprint density at radius 3 is 2.02 bits per heavy atom. The van der Waals surface area contributed by atoms with E-state index in [0.717, 1.165) is 89.6 Å². The molecule has 3 aliphatic heterocycles. The van der Waals surface area contributed by atoms with E-state index in [1.165, 1.54) is 11.1 Å². The summed E-state index contributed by atoms with van der Waals surface area (Å²) in [5.41, 5.74) is 17.5. The van der Waals surface area contributed by atoms with Crippen LogP contribution in [0.4, 0.5) is 0 Å². The van der Waals surface area contributed by atoms with Gasteiger partial charge in [-0.25, -0.2) is 0 Å². The molecule has 2 aromatic heterocycles. The number of hydrogen-bond acceptors (Lipinski definition) is 1. The second kappa shape index (κ2) is 12.7. The fraction of sp³-hybridized carbons (Fsp3) is 0.172. The molecular formula is C58H49N3O+2. The first kappa shape index (κ1) is 31.8. The van der Waals surface area contributed by atoms with Crippen LogP contribution in [-0.4, -0.2) is 4.57 Å². The monoisotopic (exact) mass is 808 g/mol. The quantitative estimate of drug-likeness (QED) is 0.162. The lowest BCUT2D eigenvalue weighted by Crippen LogP contribution is -2.78. The maximum Gasteiger partial charge on any atom is 0.499 e. The van der Waals surface area contributed by atoms with E-state index < -0.39 is 11.9 Å². The highest BCUT2D eigenvalue weighted by Crippen LogP contribution is 2.54. The van der Waals surface area contributed by atoms with Crippen molar-refractivity contribution in [2.45, 2.75) is 65.1 Å². The van der Waals surface area contributed by atoms with E-state index in [4.69, 9.17) is 11.6 Å². The highest BCUT2D eigenvalue weighted by molar-refractivity contribution is 5.99. The van der Waals surface area contributed by atoms with Gasteiger partial charge in [-0.2, -0.15) is 4.57 Å². The smallest absolute Gasteiger partial charge is 0.392 e. The highest BCUT2D eigenvalue weighted by atomic mass is 16.5. The number of para-hydroxylation sites is 2. The Bertz CT molecular complexity index is 3610. The third-order valence-electron chi connectivity index (χ3n) is 13.3. The zero-order chi connectivity index (χ0) is 46.6. The van der Waals surface area contributed by atoms with E-state index in [0.29, 0.717) is 5.56 Å². The highest BCUT2D eigenvalue weighted by Gasteiger charge is 2.68. The molecular weight excluding hydrogens is 755 g/mol. The summed E-state index contributed by atoms with van der Waals surface area (Å²) in [6, 6.07) is 46.2. The number of aryl methyl sites for hydroxylation is 1. The van der Waals surface area contributed by atoms with E-state index in [2.05, 4.69) is 177 Å². The van der Waals surface area contributed by atoms with Crippen LogP contribution in [0.1, 0.15) is 70.7 Å². The first-order valence-electron chi connectivity index (χ1n) is 24.0. The summed E-state index contributed by atoms with van der Waals surface area (Å²) in [6.07, 6.45) is 1.98. The third kappa shape index (κ3) is 5.07. The van der Waals surface area contributed by atoms with E-state index in [1.807, 2.05) is 24.4 Å². The number of hydrogen-bond donors (Lipinski definition) is 0. The molecule has 62 heavy (non-hydrogen) atoms. The van der Waals surface area contributed by atoms with Gasteiger partial charge in [-0.05, 0) is 111 Å². The largest absolute Gasteiger partial charge is 0.499 e. The van der Waals surface area contributed by atoms with Crippen molar-refractivity contribution in [2.75, 3.05) is 0 Å². The third-order valence-corrected chi connectivity index (χ3v) is 13.3. The van der Waals surface area contributed by atoms with E-state index >= 15 is 0 Å². The van der Waals surface area contributed by atoms with Gasteiger partial charge in [0.2, 0.25) is 5.69 Å². The maximum atomic E-state index is 8.98. The van der Waals surface area contributed by atoms with Gasteiger partial charge in [-0.1, -0.05) is 145 Å². The Balaban J connectivity index is 1.24. The molecule has 0 saturated carbocycles. The number of benzene rings is 7. The van der Waals surface area contributed by atoms with Crippen LogP contribution in [0.15, 0.2) is 170 Å². The lowest BCUT2D eigenvalue weighted by atomic mass is 9.80. The van der Waals surface area contributed by atoms with Crippen LogP contribution in [0.3, 0.4) is 0 Å². The Kier molecular flexibility index (Phi) is 6.53. The molecule has 5 heterocycles. The van der Waals surface area contributed by atoms with Gasteiger partial charge < -0.3 is 4.74 Å². The number of pyridine rings is 1. The van der Waals surface area contributed by atoms with E-state index in [9.17, 15) is 0 Å². The summed E-state index contributed by atoms with van der Waals surface area (Å²) >= 11 is 0. The number of fused-ring (bicyclic) bond motifs is 5. The summed E-state index contributed by atoms with van der Waals surface area (Å²) in [7, 11) is 0. The number of ether oxygens (including phenoxy) is 1.